The monoisotopic (exact) mass is 435 g/mol. The molecular weight excluding hydrogens is 414 g/mol. The number of imide groups is 1. The maximum absolute atomic E-state index is 13.0. The lowest BCUT2D eigenvalue weighted by Crippen LogP contribution is -2.45. The van der Waals surface area contributed by atoms with Gasteiger partial charge in [-0.3, -0.25) is 9.69 Å². The number of ether oxygens (including phenoxy) is 2. The van der Waals surface area contributed by atoms with E-state index in [0.29, 0.717) is 11.5 Å². The van der Waals surface area contributed by atoms with Crippen LogP contribution in [0.4, 0.5) is 4.79 Å². The molecule has 1 aromatic carbocycles. The zero-order valence-corrected chi connectivity index (χ0v) is 17.5. The van der Waals surface area contributed by atoms with Crippen LogP contribution in [0.1, 0.15) is 18.2 Å². The number of nitrogens with zero attached hydrogens (tertiary/aromatic N) is 2. The van der Waals surface area contributed by atoms with Crippen LogP contribution in [-0.2, 0) is 27.8 Å². The first-order chi connectivity index (χ1) is 14.1. The molecule has 11 heteroatoms. The molecule has 0 aliphatic carbocycles. The first-order valence-electron chi connectivity index (χ1n) is 9.14. The van der Waals surface area contributed by atoms with Gasteiger partial charge in [-0.2, -0.15) is 0 Å². The lowest BCUT2D eigenvalue weighted by atomic mass is 9.92. The molecule has 2 aromatic rings. The van der Waals surface area contributed by atoms with Crippen molar-refractivity contribution < 1.29 is 31.9 Å². The molecule has 4 rings (SSSR count). The van der Waals surface area contributed by atoms with Gasteiger partial charge in [-0.15, -0.1) is 0 Å². The zero-order chi connectivity index (χ0) is 21.7. The predicted octanol–water partition coefficient (Wildman–Crippen LogP) is 1.31. The van der Waals surface area contributed by atoms with E-state index in [1.807, 2.05) is 6.07 Å². The number of urea groups is 1. The van der Waals surface area contributed by atoms with Gasteiger partial charge < -0.3 is 19.2 Å². The van der Waals surface area contributed by atoms with Crippen LogP contribution in [0.5, 0.6) is 11.5 Å². The van der Waals surface area contributed by atoms with Crippen molar-refractivity contribution in [1.82, 2.24) is 14.5 Å². The number of furan rings is 1. The second-order valence-corrected chi connectivity index (χ2v) is 9.61. The van der Waals surface area contributed by atoms with E-state index in [4.69, 9.17) is 13.9 Å². The minimum absolute atomic E-state index is 0.147. The Bertz CT molecular complexity index is 1120. The second-order valence-electron chi connectivity index (χ2n) is 7.53. The third kappa shape index (κ3) is 3.39. The summed E-state index contributed by atoms with van der Waals surface area (Å²) in [5.74, 6) is 0.980. The van der Waals surface area contributed by atoms with E-state index in [0.717, 1.165) is 14.8 Å². The van der Waals surface area contributed by atoms with E-state index in [1.54, 1.807) is 19.1 Å². The highest BCUT2D eigenvalue weighted by atomic mass is 32.2. The number of sulfonamides is 1. The van der Waals surface area contributed by atoms with Crippen LogP contribution in [0.15, 0.2) is 39.8 Å². The van der Waals surface area contributed by atoms with E-state index in [1.165, 1.54) is 26.2 Å². The van der Waals surface area contributed by atoms with Gasteiger partial charge in [-0.05, 0) is 36.8 Å². The van der Waals surface area contributed by atoms with E-state index in [2.05, 4.69) is 5.32 Å². The summed E-state index contributed by atoms with van der Waals surface area (Å²) in [6.45, 7) is 1.61. The molecule has 160 valence electrons. The van der Waals surface area contributed by atoms with Gasteiger partial charge in [-0.1, -0.05) is 6.07 Å². The maximum atomic E-state index is 13.0. The Morgan fingerprint density at radius 3 is 2.60 bits per heavy atom. The molecular formula is C19H21N3O7S. The second kappa shape index (κ2) is 7.03. The largest absolute Gasteiger partial charge is 0.454 e. The van der Waals surface area contributed by atoms with Gasteiger partial charge in [0, 0.05) is 20.5 Å². The highest BCUT2D eigenvalue weighted by molar-refractivity contribution is 7.88. The normalized spacial score (nSPS) is 20.9. The van der Waals surface area contributed by atoms with Crippen LogP contribution in [0.2, 0.25) is 0 Å². The standard InChI is InChI=1S/C19H21N3O7S/c1-19(9-12-4-6-14-15(8-12)28-11-27-14)17(23)22(18(24)20-19)10-13-5-7-16(29-13)30(25,26)21(2)3/h4-8H,9-11H2,1-3H3,(H,20,24)/t19-/m0/s1. The van der Waals surface area contributed by atoms with Gasteiger partial charge in [-0.25, -0.2) is 17.5 Å². The highest BCUT2D eigenvalue weighted by Gasteiger charge is 2.48. The Balaban J connectivity index is 1.51. The van der Waals surface area contributed by atoms with E-state index < -0.39 is 27.5 Å². The van der Waals surface area contributed by atoms with Crippen molar-refractivity contribution in [3.8, 4) is 11.5 Å². The lowest BCUT2D eigenvalue weighted by molar-refractivity contribution is -0.131. The predicted molar refractivity (Wildman–Crippen MR) is 103 cm³/mol. The smallest absolute Gasteiger partial charge is 0.325 e. The molecule has 1 aromatic heterocycles. The molecule has 2 aliphatic heterocycles. The minimum Gasteiger partial charge on any atom is -0.454 e. The zero-order valence-electron chi connectivity index (χ0n) is 16.7. The van der Waals surface area contributed by atoms with Gasteiger partial charge in [0.25, 0.3) is 15.9 Å². The van der Waals surface area contributed by atoms with Gasteiger partial charge in [0.2, 0.25) is 11.9 Å². The quantitative estimate of drug-likeness (QED) is 0.680. The van der Waals surface area contributed by atoms with Crippen molar-refractivity contribution in [3.05, 3.63) is 41.7 Å². The van der Waals surface area contributed by atoms with Crippen molar-refractivity contribution in [2.24, 2.45) is 0 Å². The molecule has 1 saturated heterocycles. The van der Waals surface area contributed by atoms with Crippen LogP contribution in [0, 0.1) is 0 Å². The fraction of sp³-hybridized carbons (Fsp3) is 0.368. The number of rotatable bonds is 6. The maximum Gasteiger partial charge on any atom is 0.325 e. The van der Waals surface area contributed by atoms with Crippen molar-refractivity contribution in [2.45, 2.75) is 30.5 Å². The molecule has 1 fully saturated rings. The molecule has 30 heavy (non-hydrogen) atoms. The Labute approximate surface area is 173 Å². The third-order valence-corrected chi connectivity index (χ3v) is 6.72. The molecule has 3 heterocycles. The minimum atomic E-state index is -3.74. The SMILES string of the molecule is CN(C)S(=O)(=O)c1ccc(CN2C(=O)N[C@@](C)(Cc3ccc4c(c3)OCO4)C2=O)o1. The van der Waals surface area contributed by atoms with Crippen molar-refractivity contribution in [3.63, 3.8) is 0 Å². The van der Waals surface area contributed by atoms with Gasteiger partial charge >= 0.3 is 6.03 Å². The van der Waals surface area contributed by atoms with E-state index in [9.17, 15) is 18.0 Å². The fourth-order valence-electron chi connectivity index (χ4n) is 3.39. The first kappa shape index (κ1) is 20.2. The molecule has 2 aliphatic rings. The average molecular weight is 435 g/mol. The molecule has 0 spiro atoms. The number of benzene rings is 1. The molecule has 10 nitrogen and oxygen atoms in total. The summed E-state index contributed by atoms with van der Waals surface area (Å²) in [7, 11) is -0.974. The lowest BCUT2D eigenvalue weighted by Gasteiger charge is -2.21. The summed E-state index contributed by atoms with van der Waals surface area (Å²) < 4.78 is 41.3. The van der Waals surface area contributed by atoms with Crippen molar-refractivity contribution >= 4 is 22.0 Å². The Morgan fingerprint density at radius 2 is 1.87 bits per heavy atom. The summed E-state index contributed by atoms with van der Waals surface area (Å²) >= 11 is 0. The Kier molecular flexibility index (Phi) is 4.74. The van der Waals surface area contributed by atoms with Gasteiger partial charge in [0.05, 0.1) is 6.54 Å². The van der Waals surface area contributed by atoms with Gasteiger partial charge in [0.1, 0.15) is 11.3 Å². The highest BCUT2D eigenvalue weighted by Crippen LogP contribution is 2.34. The number of amides is 3. The molecule has 0 radical (unpaired) electrons. The molecule has 0 saturated carbocycles. The van der Waals surface area contributed by atoms with E-state index in [-0.39, 0.29) is 30.6 Å². The topological polar surface area (TPSA) is 118 Å². The number of carbonyl (C=O) groups excluding carboxylic acids is 2. The number of carbonyl (C=O) groups is 2. The number of hydrogen-bond donors (Lipinski definition) is 1. The molecule has 1 N–H and O–H groups in total. The number of fused-ring (bicyclic) bond motifs is 1. The Morgan fingerprint density at radius 1 is 1.13 bits per heavy atom. The summed E-state index contributed by atoms with van der Waals surface area (Å²) in [6, 6.07) is 7.51. The average Bonchev–Trinajstić information content (AvgIpc) is 3.38. The molecule has 0 unspecified atom stereocenters. The fourth-order valence-corrected chi connectivity index (χ4v) is 4.20. The number of hydrogen-bond acceptors (Lipinski definition) is 7. The van der Waals surface area contributed by atoms with Crippen LogP contribution in [-0.4, -0.2) is 56.0 Å². The molecule has 1 atom stereocenters. The molecule has 3 amide bonds. The molecule has 0 bridgehead atoms. The van der Waals surface area contributed by atoms with Crippen molar-refractivity contribution in [1.29, 1.82) is 0 Å². The Hall–Kier alpha value is -3.05. The first-order valence-corrected chi connectivity index (χ1v) is 10.6. The van der Waals surface area contributed by atoms with Gasteiger partial charge in [0.15, 0.2) is 11.5 Å². The summed E-state index contributed by atoms with van der Waals surface area (Å²) in [5, 5.41) is 2.47. The van der Waals surface area contributed by atoms with Crippen LogP contribution >= 0.6 is 0 Å². The third-order valence-electron chi connectivity index (χ3n) is 5.03. The van der Waals surface area contributed by atoms with Crippen LogP contribution < -0.4 is 14.8 Å². The summed E-state index contributed by atoms with van der Waals surface area (Å²) in [5.41, 5.74) is -0.356. The summed E-state index contributed by atoms with van der Waals surface area (Å²) in [4.78, 5) is 26.5. The van der Waals surface area contributed by atoms with E-state index >= 15 is 0 Å². The van der Waals surface area contributed by atoms with Crippen LogP contribution in [0.25, 0.3) is 0 Å². The number of nitrogens with one attached hydrogen (secondary N) is 1. The summed E-state index contributed by atoms with van der Waals surface area (Å²) in [6.07, 6.45) is 0.253. The van der Waals surface area contributed by atoms with Crippen LogP contribution in [0.3, 0.4) is 0 Å². The van der Waals surface area contributed by atoms with Crippen molar-refractivity contribution in [2.75, 3.05) is 20.9 Å².